The number of thiophene rings is 1. The predicted octanol–water partition coefficient (Wildman–Crippen LogP) is 5.00. The summed E-state index contributed by atoms with van der Waals surface area (Å²) in [6.45, 7) is 4.95. The maximum atomic E-state index is 5.77. The molecule has 3 heteroatoms. The zero-order valence-corrected chi connectivity index (χ0v) is 13.6. The Kier molecular flexibility index (Phi) is 7.33. The van der Waals surface area contributed by atoms with Crippen molar-refractivity contribution in [3.05, 3.63) is 52.2 Å². The number of hydrogen-bond acceptors (Lipinski definition) is 3. The van der Waals surface area contributed by atoms with Crippen LogP contribution < -0.4 is 10.1 Å². The quantitative estimate of drug-likeness (QED) is 0.624. The van der Waals surface area contributed by atoms with Crippen molar-refractivity contribution >= 4 is 11.3 Å². The third-order valence-electron chi connectivity index (χ3n) is 3.42. The van der Waals surface area contributed by atoms with Gasteiger partial charge in [-0.1, -0.05) is 44.4 Å². The fourth-order valence-electron chi connectivity index (χ4n) is 2.16. The summed E-state index contributed by atoms with van der Waals surface area (Å²) in [4.78, 5) is 1.26. The number of benzene rings is 1. The van der Waals surface area contributed by atoms with E-state index >= 15 is 0 Å². The molecule has 0 aliphatic carbocycles. The molecule has 2 nitrogen and oxygen atoms in total. The van der Waals surface area contributed by atoms with Gasteiger partial charge in [0.25, 0.3) is 0 Å². The highest BCUT2D eigenvalue weighted by molar-refractivity contribution is 7.09. The molecule has 0 unspecified atom stereocenters. The molecule has 0 fully saturated rings. The summed E-state index contributed by atoms with van der Waals surface area (Å²) in [7, 11) is 0. The first-order valence-corrected chi connectivity index (χ1v) is 8.71. The molecule has 0 aliphatic heterocycles. The average molecular weight is 303 g/mol. The Morgan fingerprint density at radius 1 is 1.05 bits per heavy atom. The van der Waals surface area contributed by atoms with Gasteiger partial charge in [-0.3, -0.25) is 0 Å². The first kappa shape index (κ1) is 16.1. The molecule has 1 heterocycles. The minimum atomic E-state index is 0.659. The fraction of sp³-hybridized carbons (Fsp3) is 0.444. The van der Waals surface area contributed by atoms with Crippen molar-refractivity contribution in [2.24, 2.45) is 0 Å². The van der Waals surface area contributed by atoms with E-state index in [4.69, 9.17) is 4.74 Å². The van der Waals surface area contributed by atoms with E-state index in [1.54, 1.807) is 11.3 Å². The Balaban J connectivity index is 1.64. The van der Waals surface area contributed by atoms with E-state index < -0.39 is 0 Å². The molecule has 0 aliphatic rings. The topological polar surface area (TPSA) is 21.3 Å². The summed E-state index contributed by atoms with van der Waals surface area (Å²) in [5, 5.41) is 5.57. The van der Waals surface area contributed by atoms with Crippen LogP contribution in [-0.2, 0) is 13.2 Å². The minimum absolute atomic E-state index is 0.659. The summed E-state index contributed by atoms with van der Waals surface area (Å²) in [6.07, 6.45) is 5.25. The maximum absolute atomic E-state index is 5.77. The standard InChI is InChI=1S/C18H25NOS/c1-2-3-4-5-12-19-14-16-8-10-17(11-9-16)20-15-18-7-6-13-21-18/h6-11,13,19H,2-5,12,14-15H2,1H3. The predicted molar refractivity (Wildman–Crippen MR) is 90.9 cm³/mol. The largest absolute Gasteiger partial charge is 0.488 e. The third kappa shape index (κ3) is 6.32. The van der Waals surface area contributed by atoms with Gasteiger partial charge in [-0.25, -0.2) is 0 Å². The Labute approximate surface area is 132 Å². The summed E-state index contributed by atoms with van der Waals surface area (Å²) in [6, 6.07) is 12.6. The molecule has 0 bridgehead atoms. The highest BCUT2D eigenvalue weighted by Gasteiger charge is 1.98. The van der Waals surface area contributed by atoms with Gasteiger partial charge in [0.15, 0.2) is 0 Å². The van der Waals surface area contributed by atoms with E-state index in [0.717, 1.165) is 18.8 Å². The maximum Gasteiger partial charge on any atom is 0.122 e. The van der Waals surface area contributed by atoms with Crippen LogP contribution >= 0.6 is 11.3 Å². The number of ether oxygens (including phenoxy) is 1. The lowest BCUT2D eigenvalue weighted by atomic mass is 10.2. The van der Waals surface area contributed by atoms with Gasteiger partial charge in [-0.15, -0.1) is 11.3 Å². The Hall–Kier alpha value is -1.32. The normalized spacial score (nSPS) is 10.7. The molecule has 114 valence electrons. The van der Waals surface area contributed by atoms with Gasteiger partial charge < -0.3 is 10.1 Å². The van der Waals surface area contributed by atoms with Crippen molar-refractivity contribution in [2.45, 2.75) is 45.8 Å². The van der Waals surface area contributed by atoms with Crippen molar-refractivity contribution in [3.63, 3.8) is 0 Å². The molecule has 0 saturated heterocycles. The van der Waals surface area contributed by atoms with E-state index in [1.807, 2.05) is 0 Å². The molecule has 1 aromatic heterocycles. The van der Waals surface area contributed by atoms with Crippen LogP contribution in [0.3, 0.4) is 0 Å². The molecule has 21 heavy (non-hydrogen) atoms. The van der Waals surface area contributed by atoms with Gasteiger partial charge in [0.2, 0.25) is 0 Å². The zero-order chi connectivity index (χ0) is 14.8. The lowest BCUT2D eigenvalue weighted by Gasteiger charge is -2.07. The SMILES string of the molecule is CCCCCCNCc1ccc(OCc2cccs2)cc1. The van der Waals surface area contributed by atoms with Crippen LogP contribution in [0, 0.1) is 0 Å². The summed E-state index contributed by atoms with van der Waals surface area (Å²) < 4.78 is 5.77. The monoisotopic (exact) mass is 303 g/mol. The van der Waals surface area contributed by atoms with Crippen molar-refractivity contribution < 1.29 is 4.74 Å². The van der Waals surface area contributed by atoms with Crippen LogP contribution in [0.4, 0.5) is 0 Å². The van der Waals surface area contributed by atoms with Gasteiger partial charge in [0, 0.05) is 11.4 Å². The molecule has 1 aromatic carbocycles. The van der Waals surface area contributed by atoms with Crippen molar-refractivity contribution in [1.82, 2.24) is 5.32 Å². The van der Waals surface area contributed by atoms with Crippen molar-refractivity contribution in [3.8, 4) is 5.75 Å². The zero-order valence-electron chi connectivity index (χ0n) is 12.8. The number of rotatable bonds is 10. The molecule has 0 atom stereocenters. The molecular weight excluding hydrogens is 278 g/mol. The van der Waals surface area contributed by atoms with Gasteiger partial charge in [0.05, 0.1) is 0 Å². The van der Waals surface area contributed by atoms with Crippen LogP contribution in [-0.4, -0.2) is 6.54 Å². The number of hydrogen-bond donors (Lipinski definition) is 1. The highest BCUT2D eigenvalue weighted by atomic mass is 32.1. The van der Waals surface area contributed by atoms with E-state index in [2.05, 4.69) is 54.0 Å². The second-order valence-corrected chi connectivity index (χ2v) is 6.28. The van der Waals surface area contributed by atoms with Crippen LogP contribution in [0.15, 0.2) is 41.8 Å². The van der Waals surface area contributed by atoms with E-state index in [1.165, 1.54) is 36.1 Å². The summed E-state index contributed by atoms with van der Waals surface area (Å²) in [5.41, 5.74) is 1.31. The smallest absolute Gasteiger partial charge is 0.122 e. The first-order chi connectivity index (χ1) is 10.4. The third-order valence-corrected chi connectivity index (χ3v) is 4.27. The molecule has 0 saturated carbocycles. The van der Waals surface area contributed by atoms with Gasteiger partial charge >= 0.3 is 0 Å². The summed E-state index contributed by atoms with van der Waals surface area (Å²) in [5.74, 6) is 0.940. The average Bonchev–Trinajstić information content (AvgIpc) is 3.03. The summed E-state index contributed by atoms with van der Waals surface area (Å²) >= 11 is 1.73. The number of nitrogens with one attached hydrogen (secondary N) is 1. The molecular formula is C18H25NOS. The fourth-order valence-corrected chi connectivity index (χ4v) is 2.78. The van der Waals surface area contributed by atoms with Crippen molar-refractivity contribution in [1.29, 1.82) is 0 Å². The Morgan fingerprint density at radius 3 is 2.62 bits per heavy atom. The van der Waals surface area contributed by atoms with Crippen LogP contribution in [0.1, 0.15) is 43.0 Å². The van der Waals surface area contributed by atoms with Crippen LogP contribution in [0.2, 0.25) is 0 Å². The molecule has 0 radical (unpaired) electrons. The van der Waals surface area contributed by atoms with Crippen LogP contribution in [0.5, 0.6) is 5.75 Å². The Bertz CT molecular complexity index is 478. The first-order valence-electron chi connectivity index (χ1n) is 7.83. The van der Waals surface area contributed by atoms with E-state index in [-0.39, 0.29) is 0 Å². The lowest BCUT2D eigenvalue weighted by Crippen LogP contribution is -2.14. The minimum Gasteiger partial charge on any atom is -0.488 e. The van der Waals surface area contributed by atoms with E-state index in [9.17, 15) is 0 Å². The lowest BCUT2D eigenvalue weighted by molar-refractivity contribution is 0.309. The van der Waals surface area contributed by atoms with Crippen molar-refractivity contribution in [2.75, 3.05) is 6.54 Å². The molecule has 0 spiro atoms. The second-order valence-electron chi connectivity index (χ2n) is 5.25. The highest BCUT2D eigenvalue weighted by Crippen LogP contribution is 2.16. The van der Waals surface area contributed by atoms with Crippen LogP contribution in [0.25, 0.3) is 0 Å². The second kappa shape index (κ2) is 9.59. The molecule has 0 amide bonds. The molecule has 2 rings (SSSR count). The molecule has 2 aromatic rings. The van der Waals surface area contributed by atoms with Gasteiger partial charge in [0.1, 0.15) is 12.4 Å². The molecule has 1 N–H and O–H groups in total. The number of unbranched alkanes of at least 4 members (excludes halogenated alkanes) is 3. The van der Waals surface area contributed by atoms with E-state index in [0.29, 0.717) is 6.61 Å². The van der Waals surface area contributed by atoms with Gasteiger partial charge in [-0.05, 0) is 42.1 Å². The Morgan fingerprint density at radius 2 is 1.90 bits per heavy atom. The van der Waals surface area contributed by atoms with Gasteiger partial charge in [-0.2, -0.15) is 0 Å².